The molecule has 0 atom stereocenters. The van der Waals surface area contributed by atoms with Crippen molar-refractivity contribution in [1.82, 2.24) is 5.16 Å². The van der Waals surface area contributed by atoms with Gasteiger partial charge in [-0.3, -0.25) is 10.1 Å². The summed E-state index contributed by atoms with van der Waals surface area (Å²) in [5.41, 5.74) is -0.386. The minimum Gasteiger partial charge on any atom is -0.522 e. The Hall–Kier alpha value is -2.77. The van der Waals surface area contributed by atoms with Crippen LogP contribution in [0.1, 0.15) is 0 Å². The Kier molecular flexibility index (Phi) is 2.32. The van der Waals surface area contributed by atoms with E-state index in [4.69, 9.17) is 0 Å². The van der Waals surface area contributed by atoms with Crippen molar-refractivity contribution in [3.63, 3.8) is 0 Å². The van der Waals surface area contributed by atoms with Gasteiger partial charge in [-0.05, 0) is 6.07 Å². The molecular weight excluding hydrogens is 232 g/mol. The Balaban J connectivity index is 2.60. The van der Waals surface area contributed by atoms with Crippen LogP contribution in [0.2, 0.25) is 0 Å². The van der Waals surface area contributed by atoms with E-state index >= 15 is 0 Å². The van der Waals surface area contributed by atoms with E-state index in [0.717, 1.165) is 22.7 Å². The zero-order chi connectivity index (χ0) is 12.6. The van der Waals surface area contributed by atoms with Crippen LogP contribution in [0.4, 0.5) is 5.69 Å². The molecule has 1 heterocycles. The molecule has 17 heavy (non-hydrogen) atoms. The highest BCUT2D eigenvalue weighted by molar-refractivity contribution is 5.69. The first-order valence-electron chi connectivity index (χ1n) is 4.37. The minimum atomic E-state index is -0.847. The average molecular weight is 238 g/mol. The lowest BCUT2D eigenvalue weighted by Crippen LogP contribution is -1.98. The molecule has 8 nitrogen and oxygen atoms in total. The summed E-state index contributed by atoms with van der Waals surface area (Å²) in [7, 11) is 0. The predicted molar refractivity (Wildman–Crippen MR) is 51.9 cm³/mol. The molecule has 88 valence electrons. The summed E-state index contributed by atoms with van der Waals surface area (Å²) in [5, 5.41) is 43.3. The maximum absolute atomic E-state index is 10.7. The van der Waals surface area contributed by atoms with Crippen molar-refractivity contribution in [3.8, 4) is 22.8 Å². The minimum absolute atomic E-state index is 0.128. The van der Waals surface area contributed by atoms with E-state index in [2.05, 4.69) is 5.16 Å². The van der Waals surface area contributed by atoms with Gasteiger partial charge in [0.25, 0.3) is 6.26 Å². The summed E-state index contributed by atoms with van der Waals surface area (Å²) in [6.07, 6.45) is 1.03. The summed E-state index contributed by atoms with van der Waals surface area (Å²) in [5.74, 6) is -1.48. The molecule has 1 aromatic heterocycles. The normalized spacial score (nSPS) is 10.4. The van der Waals surface area contributed by atoms with Gasteiger partial charge < -0.3 is 19.8 Å². The van der Waals surface area contributed by atoms with Crippen LogP contribution in [0.25, 0.3) is 11.3 Å². The average Bonchev–Trinajstić information content (AvgIpc) is 2.68. The lowest BCUT2D eigenvalue weighted by molar-refractivity contribution is -0.719. The van der Waals surface area contributed by atoms with Crippen molar-refractivity contribution in [2.45, 2.75) is 0 Å². The first kappa shape index (κ1) is 10.7. The summed E-state index contributed by atoms with van der Waals surface area (Å²) >= 11 is 0. The fourth-order valence-electron chi connectivity index (χ4n) is 1.32. The number of aromatic hydroxyl groups is 2. The first-order chi connectivity index (χ1) is 7.99. The van der Waals surface area contributed by atoms with Crippen LogP contribution in [-0.2, 0) is 0 Å². The maximum Gasteiger partial charge on any atom is 0.315 e. The highest BCUT2D eigenvalue weighted by Crippen LogP contribution is 2.38. The van der Waals surface area contributed by atoms with Crippen LogP contribution in [0, 0.1) is 10.1 Å². The quantitative estimate of drug-likeness (QED) is 0.258. The molecule has 0 bridgehead atoms. The lowest BCUT2D eigenvalue weighted by atomic mass is 10.1. The van der Waals surface area contributed by atoms with E-state index in [-0.39, 0.29) is 11.3 Å². The number of benzene rings is 1. The summed E-state index contributed by atoms with van der Waals surface area (Å²) in [6.45, 7) is 0. The molecule has 0 saturated heterocycles. The summed E-state index contributed by atoms with van der Waals surface area (Å²) in [4.78, 5) is 9.76. The molecule has 0 amide bonds. The number of aromatic nitrogens is 1. The molecule has 2 aromatic rings. The highest BCUT2D eigenvalue weighted by atomic mass is 17.2. The maximum atomic E-state index is 10.7. The van der Waals surface area contributed by atoms with E-state index in [1.54, 1.807) is 0 Å². The summed E-state index contributed by atoms with van der Waals surface area (Å²) in [6, 6.07) is 3.39. The number of phenolic OH excluding ortho intramolecular Hbond substituents is 2. The second kappa shape index (κ2) is 3.67. The van der Waals surface area contributed by atoms with Gasteiger partial charge in [0.2, 0.25) is 5.75 Å². The van der Waals surface area contributed by atoms with Crippen molar-refractivity contribution >= 4 is 5.69 Å². The molecule has 1 aromatic carbocycles. The van der Waals surface area contributed by atoms with Crippen molar-refractivity contribution < 1.29 is 24.7 Å². The van der Waals surface area contributed by atoms with Gasteiger partial charge in [-0.2, -0.15) is 0 Å². The van der Waals surface area contributed by atoms with E-state index in [1.807, 2.05) is 0 Å². The van der Waals surface area contributed by atoms with Crippen LogP contribution in [0.15, 0.2) is 28.8 Å². The third-order valence-electron chi connectivity index (χ3n) is 2.09. The molecule has 0 radical (unpaired) electrons. The van der Waals surface area contributed by atoms with E-state index in [1.165, 1.54) is 6.07 Å². The van der Waals surface area contributed by atoms with Crippen molar-refractivity contribution in [3.05, 3.63) is 34.6 Å². The van der Waals surface area contributed by atoms with E-state index < -0.39 is 22.1 Å². The van der Waals surface area contributed by atoms with Gasteiger partial charge in [-0.25, -0.2) is 0 Å². The van der Waals surface area contributed by atoms with Gasteiger partial charge >= 0.3 is 5.69 Å². The molecule has 2 N–H and O–H groups in total. The van der Waals surface area contributed by atoms with E-state index in [9.17, 15) is 25.6 Å². The predicted octanol–water partition coefficient (Wildman–Crippen LogP) is 0.472. The van der Waals surface area contributed by atoms with Gasteiger partial charge in [-0.15, -0.1) is 0 Å². The Morgan fingerprint density at radius 2 is 2.06 bits per heavy atom. The topological polar surface area (TPSA) is 122 Å². The number of hydrogen-bond acceptors (Lipinski definition) is 6. The van der Waals surface area contributed by atoms with Gasteiger partial charge in [0.15, 0.2) is 11.4 Å². The van der Waals surface area contributed by atoms with Crippen LogP contribution >= 0.6 is 0 Å². The fraction of sp³-hybridized carbons (Fsp3) is 0. The number of hydrogen-bond donors (Lipinski definition) is 2. The van der Waals surface area contributed by atoms with Crippen molar-refractivity contribution in [1.29, 1.82) is 0 Å². The Labute approximate surface area is 93.7 Å². The molecule has 0 unspecified atom stereocenters. The fourth-order valence-corrected chi connectivity index (χ4v) is 1.32. The van der Waals surface area contributed by atoms with Gasteiger partial charge in [0, 0.05) is 11.6 Å². The molecule has 0 fully saturated rings. The SMILES string of the molecule is O=[N+]([O-])c1cc(-c2cc[o+]([O-])n2)cc(O)c1O. The highest BCUT2D eigenvalue weighted by Gasteiger charge is 2.21. The lowest BCUT2D eigenvalue weighted by Gasteiger charge is -2.01. The second-order valence-electron chi connectivity index (χ2n) is 3.18. The van der Waals surface area contributed by atoms with Crippen LogP contribution in [-0.4, -0.2) is 20.3 Å². The molecule has 8 heteroatoms. The van der Waals surface area contributed by atoms with Gasteiger partial charge in [0.1, 0.15) is 0 Å². The number of nitro benzene ring substituents is 1. The number of nitrogens with zero attached hydrogens (tertiary/aromatic N) is 2. The number of nitro groups is 1. The largest absolute Gasteiger partial charge is 0.522 e. The third kappa shape index (κ3) is 1.83. The zero-order valence-electron chi connectivity index (χ0n) is 8.23. The molecule has 0 saturated carbocycles. The third-order valence-corrected chi connectivity index (χ3v) is 2.09. The van der Waals surface area contributed by atoms with Crippen molar-refractivity contribution in [2.75, 3.05) is 0 Å². The molecule has 0 aliphatic heterocycles. The van der Waals surface area contributed by atoms with Gasteiger partial charge in [0.05, 0.1) is 16.1 Å². The van der Waals surface area contributed by atoms with Crippen LogP contribution in [0.3, 0.4) is 0 Å². The standard InChI is InChI=1S/C9H6N2O6/c12-8-4-5(6-1-2-17(16)10-6)3-7(9(8)13)11(14)15/h1-4,12-13H. The molecule has 2 rings (SSSR count). The number of rotatable bonds is 2. The van der Waals surface area contributed by atoms with Gasteiger partial charge in [-0.1, -0.05) is 0 Å². The Bertz CT molecular complexity index is 591. The smallest absolute Gasteiger partial charge is 0.315 e. The summed E-state index contributed by atoms with van der Waals surface area (Å²) < 4.78 is 1.04. The molecule has 0 spiro atoms. The second-order valence-corrected chi connectivity index (χ2v) is 3.18. The Morgan fingerprint density at radius 1 is 1.35 bits per heavy atom. The van der Waals surface area contributed by atoms with Crippen LogP contribution < -0.4 is 5.26 Å². The zero-order valence-corrected chi connectivity index (χ0v) is 8.23. The molecule has 0 aliphatic carbocycles. The molecular formula is C9H6N2O6. The van der Waals surface area contributed by atoms with Crippen LogP contribution in [0.5, 0.6) is 11.5 Å². The number of phenols is 2. The van der Waals surface area contributed by atoms with Crippen molar-refractivity contribution in [2.24, 2.45) is 0 Å². The first-order valence-corrected chi connectivity index (χ1v) is 4.37. The Morgan fingerprint density at radius 3 is 2.59 bits per heavy atom. The van der Waals surface area contributed by atoms with E-state index in [0.29, 0.717) is 0 Å². The monoisotopic (exact) mass is 238 g/mol. The molecule has 0 aliphatic rings.